The normalized spacial score (nSPS) is 11.6. The topological polar surface area (TPSA) is 78.5 Å². The van der Waals surface area contributed by atoms with Crippen LogP contribution in [0.25, 0.3) is 0 Å². The van der Waals surface area contributed by atoms with Gasteiger partial charge in [-0.1, -0.05) is 42.5 Å². The minimum Gasteiger partial charge on any atom is -0.348 e. The lowest BCUT2D eigenvalue weighted by atomic mass is 10.1. The maximum atomic E-state index is 13.9. The summed E-state index contributed by atoms with van der Waals surface area (Å²) in [5.74, 6) is -1.08. The molecule has 33 heavy (non-hydrogen) atoms. The van der Waals surface area contributed by atoms with Crippen molar-refractivity contribution in [2.24, 2.45) is 0 Å². The highest BCUT2D eigenvalue weighted by atomic mass is 32.2. The molecule has 0 bridgehead atoms. The number of benzene rings is 3. The first-order valence-corrected chi connectivity index (χ1v) is 12.1. The Bertz CT molecular complexity index is 1230. The van der Waals surface area contributed by atoms with E-state index in [2.05, 4.69) is 28.8 Å². The van der Waals surface area contributed by atoms with Crippen LogP contribution in [0.1, 0.15) is 35.3 Å². The van der Waals surface area contributed by atoms with Crippen molar-refractivity contribution in [1.29, 1.82) is 0 Å². The van der Waals surface area contributed by atoms with E-state index in [1.807, 2.05) is 31.3 Å². The summed E-state index contributed by atoms with van der Waals surface area (Å²) in [6.45, 7) is 5.30. The fourth-order valence-corrected chi connectivity index (χ4v) is 4.28. The van der Waals surface area contributed by atoms with Crippen molar-refractivity contribution >= 4 is 21.6 Å². The van der Waals surface area contributed by atoms with Crippen LogP contribution in [0, 0.1) is 5.82 Å². The predicted octanol–water partition coefficient (Wildman–Crippen LogP) is 4.40. The number of hydrogen-bond acceptors (Lipinski definition) is 4. The van der Waals surface area contributed by atoms with Crippen LogP contribution in [-0.4, -0.2) is 32.3 Å². The Morgan fingerprint density at radius 2 is 1.64 bits per heavy atom. The second-order valence-electron chi connectivity index (χ2n) is 8.07. The maximum absolute atomic E-state index is 13.9. The highest BCUT2D eigenvalue weighted by Gasteiger charge is 2.18. The van der Waals surface area contributed by atoms with Crippen LogP contribution in [0.15, 0.2) is 77.7 Å². The van der Waals surface area contributed by atoms with Crippen LogP contribution in [0.2, 0.25) is 0 Å². The van der Waals surface area contributed by atoms with E-state index in [4.69, 9.17) is 0 Å². The van der Waals surface area contributed by atoms with Crippen LogP contribution in [-0.2, 0) is 23.1 Å². The molecule has 0 atom stereocenters. The number of rotatable bonds is 9. The highest BCUT2D eigenvalue weighted by Crippen LogP contribution is 2.20. The molecular formula is C25H28FN3O3S. The second kappa shape index (κ2) is 10.6. The SMILES string of the molecule is CC(C)N(C)Cc1ccccc1CNC(=O)c1cccc(S(=O)(=O)Nc2ccccc2F)c1. The van der Waals surface area contributed by atoms with Crippen LogP contribution in [0.4, 0.5) is 10.1 Å². The van der Waals surface area contributed by atoms with Gasteiger partial charge in [0.15, 0.2) is 0 Å². The van der Waals surface area contributed by atoms with Crippen molar-refractivity contribution in [2.75, 3.05) is 11.8 Å². The van der Waals surface area contributed by atoms with Gasteiger partial charge in [0, 0.05) is 24.7 Å². The molecule has 0 aliphatic rings. The molecule has 3 aromatic rings. The number of halogens is 1. The zero-order valence-corrected chi connectivity index (χ0v) is 19.7. The summed E-state index contributed by atoms with van der Waals surface area (Å²) in [6.07, 6.45) is 0. The Morgan fingerprint density at radius 1 is 0.970 bits per heavy atom. The number of nitrogens with zero attached hydrogens (tertiary/aromatic N) is 1. The number of carbonyl (C=O) groups excluding carboxylic acids is 1. The van der Waals surface area contributed by atoms with Crippen molar-refractivity contribution in [3.63, 3.8) is 0 Å². The average molecular weight is 470 g/mol. The van der Waals surface area contributed by atoms with Crippen LogP contribution >= 0.6 is 0 Å². The molecule has 0 radical (unpaired) electrons. The summed E-state index contributed by atoms with van der Waals surface area (Å²) in [5.41, 5.74) is 2.14. The van der Waals surface area contributed by atoms with E-state index in [0.29, 0.717) is 12.6 Å². The van der Waals surface area contributed by atoms with Crippen molar-refractivity contribution in [3.05, 3.63) is 95.3 Å². The van der Waals surface area contributed by atoms with E-state index in [0.717, 1.165) is 17.7 Å². The molecule has 3 aromatic carbocycles. The Labute approximate surface area is 194 Å². The third kappa shape index (κ3) is 6.40. The molecule has 0 unspecified atom stereocenters. The molecular weight excluding hydrogens is 441 g/mol. The third-order valence-corrected chi connectivity index (χ3v) is 6.75. The molecule has 1 amide bonds. The summed E-state index contributed by atoms with van der Waals surface area (Å²) in [4.78, 5) is 14.8. The smallest absolute Gasteiger partial charge is 0.262 e. The molecule has 0 heterocycles. The summed E-state index contributed by atoms with van der Waals surface area (Å²) >= 11 is 0. The van der Waals surface area contributed by atoms with Crippen molar-refractivity contribution in [2.45, 2.75) is 37.9 Å². The standard InChI is InChI=1S/C25H28FN3O3S/c1-18(2)29(3)17-21-10-5-4-9-20(21)16-27-25(30)19-11-8-12-22(15-19)33(31,32)28-24-14-7-6-13-23(24)26/h4-15,18,28H,16-17H2,1-3H3,(H,27,30). The first-order chi connectivity index (χ1) is 15.7. The fourth-order valence-electron chi connectivity index (χ4n) is 3.17. The van der Waals surface area contributed by atoms with Crippen LogP contribution in [0.5, 0.6) is 0 Å². The molecule has 0 saturated heterocycles. The van der Waals surface area contributed by atoms with Gasteiger partial charge in [0.2, 0.25) is 0 Å². The number of carbonyl (C=O) groups is 1. The van der Waals surface area contributed by atoms with Gasteiger partial charge in [0.05, 0.1) is 10.6 Å². The Kier molecular flexibility index (Phi) is 7.84. The fraction of sp³-hybridized carbons (Fsp3) is 0.240. The first kappa shape index (κ1) is 24.4. The van der Waals surface area contributed by atoms with E-state index in [9.17, 15) is 17.6 Å². The number of para-hydroxylation sites is 1. The summed E-state index contributed by atoms with van der Waals surface area (Å²) in [5, 5.41) is 2.86. The average Bonchev–Trinajstić information content (AvgIpc) is 2.79. The van der Waals surface area contributed by atoms with Gasteiger partial charge in [-0.2, -0.15) is 0 Å². The van der Waals surface area contributed by atoms with Gasteiger partial charge in [0.1, 0.15) is 5.82 Å². The Hall–Kier alpha value is -3.23. The summed E-state index contributed by atoms with van der Waals surface area (Å²) < 4.78 is 41.5. The zero-order chi connectivity index (χ0) is 24.0. The van der Waals surface area contributed by atoms with Crippen molar-refractivity contribution < 1.29 is 17.6 Å². The summed E-state index contributed by atoms with van der Waals surface area (Å²) in [6, 6.07) is 19.4. The molecule has 174 valence electrons. The lowest BCUT2D eigenvalue weighted by Gasteiger charge is -2.22. The van der Waals surface area contributed by atoms with Gasteiger partial charge in [-0.05, 0) is 62.4 Å². The second-order valence-corrected chi connectivity index (χ2v) is 9.76. The minimum atomic E-state index is -4.06. The van der Waals surface area contributed by atoms with Gasteiger partial charge < -0.3 is 5.32 Å². The Morgan fingerprint density at radius 3 is 2.33 bits per heavy atom. The minimum absolute atomic E-state index is 0.127. The molecule has 0 aliphatic carbocycles. The van der Waals surface area contributed by atoms with Crippen molar-refractivity contribution in [1.82, 2.24) is 10.2 Å². The number of hydrogen-bond donors (Lipinski definition) is 2. The lowest BCUT2D eigenvalue weighted by molar-refractivity contribution is 0.0950. The molecule has 0 fully saturated rings. The first-order valence-electron chi connectivity index (χ1n) is 10.6. The quantitative estimate of drug-likeness (QED) is 0.487. The number of amides is 1. The van der Waals surface area contributed by atoms with Gasteiger partial charge >= 0.3 is 0 Å². The molecule has 3 rings (SSSR count). The molecule has 0 aromatic heterocycles. The van der Waals surface area contributed by atoms with Crippen LogP contribution in [0.3, 0.4) is 0 Å². The molecule has 2 N–H and O–H groups in total. The largest absolute Gasteiger partial charge is 0.348 e. The van der Waals surface area contributed by atoms with Crippen molar-refractivity contribution in [3.8, 4) is 0 Å². The monoisotopic (exact) mass is 469 g/mol. The number of sulfonamides is 1. The number of anilines is 1. The van der Waals surface area contributed by atoms with Crippen LogP contribution < -0.4 is 10.0 Å². The van der Waals surface area contributed by atoms with Gasteiger partial charge in [-0.15, -0.1) is 0 Å². The van der Waals surface area contributed by atoms with E-state index in [1.165, 1.54) is 48.5 Å². The van der Waals surface area contributed by atoms with E-state index in [1.54, 1.807) is 0 Å². The van der Waals surface area contributed by atoms with Gasteiger partial charge in [-0.3, -0.25) is 14.4 Å². The lowest BCUT2D eigenvalue weighted by Crippen LogP contribution is -2.27. The maximum Gasteiger partial charge on any atom is 0.262 e. The molecule has 0 spiro atoms. The van der Waals surface area contributed by atoms with Gasteiger partial charge in [-0.25, -0.2) is 12.8 Å². The van der Waals surface area contributed by atoms with E-state index >= 15 is 0 Å². The van der Waals surface area contributed by atoms with Gasteiger partial charge in [0.25, 0.3) is 15.9 Å². The predicted molar refractivity (Wildman–Crippen MR) is 128 cm³/mol. The van der Waals surface area contributed by atoms with E-state index < -0.39 is 21.7 Å². The third-order valence-electron chi connectivity index (χ3n) is 5.38. The molecule has 0 saturated carbocycles. The zero-order valence-electron chi connectivity index (χ0n) is 18.9. The number of nitrogens with one attached hydrogen (secondary N) is 2. The molecule has 6 nitrogen and oxygen atoms in total. The summed E-state index contributed by atoms with van der Waals surface area (Å²) in [7, 11) is -2.02. The van der Waals surface area contributed by atoms with E-state index in [-0.39, 0.29) is 16.1 Å². The molecule has 8 heteroatoms. The Balaban J connectivity index is 1.73. The highest BCUT2D eigenvalue weighted by molar-refractivity contribution is 7.92. The molecule has 0 aliphatic heterocycles.